The molecule has 2 aliphatic rings. The lowest BCUT2D eigenvalue weighted by Crippen LogP contribution is -2.49. The molecule has 0 unspecified atom stereocenters. The molecule has 84 heavy (non-hydrogen) atoms. The minimum atomic E-state index is -2.07. The normalized spacial score (nSPS) is 13.7. The molecule has 0 saturated carbocycles. The summed E-state index contributed by atoms with van der Waals surface area (Å²) in [6, 6.07) is 106. The Kier molecular flexibility index (Phi) is 10.7. The van der Waals surface area contributed by atoms with Crippen LogP contribution in [-0.2, 0) is 0 Å². The van der Waals surface area contributed by atoms with Gasteiger partial charge in [-0.05, 0) is 180 Å². The van der Waals surface area contributed by atoms with Gasteiger partial charge in [0, 0.05) is 0 Å². The van der Waals surface area contributed by atoms with Gasteiger partial charge in [0.25, 0.3) is 0 Å². The molecule has 0 fully saturated rings. The number of benzene rings is 15. The standard InChI is InChI=1S/C82H58Si2/c1-83(2)73-46-44-70-69(81(73)71-42-40-58(49-75(71)83)52-30-35-55(36-31-52)78-63-24-12-10-22-61(63)77(54-19-6-5-7-20-54)62-23-11-13-25-64(62)78)45-47-74-82(70)72-43-41-59(50-76(72)84(74,3)4)53-32-37-56(38-33-53)79-65-26-14-16-28-67(65)80(68-29-17-15-27-66(68)79)60-39-34-51-18-8-9-21-57(51)48-60/h5-50H,1-4H3. The van der Waals surface area contributed by atoms with E-state index in [1.165, 1.54) is 164 Å². The summed E-state index contributed by atoms with van der Waals surface area (Å²) in [5, 5.41) is 21.7. The van der Waals surface area contributed by atoms with E-state index in [4.69, 9.17) is 0 Å². The van der Waals surface area contributed by atoms with E-state index >= 15 is 0 Å². The van der Waals surface area contributed by atoms with Crippen molar-refractivity contribution in [1.29, 1.82) is 0 Å². The van der Waals surface area contributed by atoms with Gasteiger partial charge in [-0.25, -0.2) is 0 Å². The molecule has 0 N–H and O–H groups in total. The first-order valence-corrected chi connectivity index (χ1v) is 35.7. The lowest BCUT2D eigenvalue weighted by atomic mass is 9.85. The van der Waals surface area contributed by atoms with Crippen molar-refractivity contribution in [3.63, 3.8) is 0 Å². The highest BCUT2D eigenvalue weighted by Crippen LogP contribution is 2.48. The van der Waals surface area contributed by atoms with Crippen molar-refractivity contribution in [1.82, 2.24) is 0 Å². The molecule has 0 nitrogen and oxygen atoms in total. The summed E-state index contributed by atoms with van der Waals surface area (Å²) >= 11 is 0. The van der Waals surface area contributed by atoms with Gasteiger partial charge in [0.05, 0.1) is 0 Å². The number of hydrogen-bond donors (Lipinski definition) is 0. The van der Waals surface area contributed by atoms with Gasteiger partial charge in [-0.1, -0.05) is 299 Å². The molecular weight excluding hydrogens is 1040 g/mol. The van der Waals surface area contributed by atoms with E-state index in [1.807, 2.05) is 0 Å². The summed E-state index contributed by atoms with van der Waals surface area (Å²) < 4.78 is 0. The number of rotatable bonds is 6. The average Bonchev–Trinajstić information content (AvgIpc) is 1.92. The molecule has 0 atom stereocenters. The Morgan fingerprint density at radius 3 is 0.881 bits per heavy atom. The Bertz CT molecular complexity index is 5160. The molecule has 2 heteroatoms. The topological polar surface area (TPSA) is 0 Å². The molecule has 2 heterocycles. The maximum Gasteiger partial charge on any atom is 0.113 e. The quantitative estimate of drug-likeness (QED) is 0.115. The van der Waals surface area contributed by atoms with E-state index in [0.717, 1.165) is 0 Å². The Morgan fingerprint density at radius 1 is 0.179 bits per heavy atom. The lowest BCUT2D eigenvalue weighted by Gasteiger charge is -2.21. The van der Waals surface area contributed by atoms with Crippen molar-refractivity contribution in [3.05, 3.63) is 279 Å². The third-order valence-electron chi connectivity index (χ3n) is 19.4. The highest BCUT2D eigenvalue weighted by Gasteiger charge is 2.42. The Balaban J connectivity index is 0.710. The van der Waals surface area contributed by atoms with Gasteiger partial charge in [-0.2, -0.15) is 0 Å². The van der Waals surface area contributed by atoms with Gasteiger partial charge >= 0.3 is 0 Å². The Labute approximate surface area is 492 Å². The molecule has 0 spiro atoms. The van der Waals surface area contributed by atoms with Gasteiger partial charge in [0.2, 0.25) is 0 Å². The van der Waals surface area contributed by atoms with E-state index in [1.54, 1.807) is 10.4 Å². The molecule has 15 aromatic carbocycles. The second-order valence-corrected chi connectivity index (χ2v) is 33.3. The SMILES string of the molecule is C[Si]1(C)c2cc(-c3ccc(-c4c5ccccc5c(-c5ccccc5)c5ccccc45)cc3)ccc2-c2c1ccc1c3c(ccc21)[Si](C)(C)c1cc(-c2ccc(-c4c5ccccc5c(-c5ccc6ccccc6c5)c5ccccc45)cc2)ccc1-3. The Morgan fingerprint density at radius 2 is 0.476 bits per heavy atom. The van der Waals surface area contributed by atoms with Gasteiger partial charge in [-0.15, -0.1) is 0 Å². The fourth-order valence-electron chi connectivity index (χ4n) is 15.3. The number of hydrogen-bond acceptors (Lipinski definition) is 0. The molecule has 15 aromatic rings. The zero-order valence-corrected chi connectivity index (χ0v) is 49.6. The minimum Gasteiger partial charge on any atom is -0.0622 e. The van der Waals surface area contributed by atoms with E-state index in [9.17, 15) is 0 Å². The van der Waals surface area contributed by atoms with Crippen LogP contribution in [0.4, 0.5) is 0 Å². The van der Waals surface area contributed by atoms with E-state index in [-0.39, 0.29) is 0 Å². The van der Waals surface area contributed by atoms with Crippen molar-refractivity contribution in [2.75, 3.05) is 0 Å². The molecule has 0 aliphatic carbocycles. The molecule has 394 valence electrons. The third-order valence-corrected chi connectivity index (χ3v) is 26.5. The van der Waals surface area contributed by atoms with Gasteiger partial charge in [-0.3, -0.25) is 0 Å². The molecule has 0 saturated heterocycles. The second-order valence-electron chi connectivity index (χ2n) is 24.6. The fourth-order valence-corrected chi connectivity index (χ4v) is 21.5. The Hall–Kier alpha value is -9.71. The molecular formula is C82H58Si2. The van der Waals surface area contributed by atoms with E-state index in [0.29, 0.717) is 0 Å². The number of fused-ring (bicyclic) bond motifs is 14. The lowest BCUT2D eigenvalue weighted by molar-refractivity contribution is 1.62. The van der Waals surface area contributed by atoms with Crippen LogP contribution in [-0.4, -0.2) is 16.1 Å². The predicted octanol–water partition coefficient (Wildman–Crippen LogP) is 20.2. The van der Waals surface area contributed by atoms with Crippen molar-refractivity contribution < 1.29 is 0 Å². The van der Waals surface area contributed by atoms with Crippen LogP contribution in [0.25, 0.3) is 154 Å². The summed E-state index contributed by atoms with van der Waals surface area (Å²) in [5.74, 6) is 0. The van der Waals surface area contributed by atoms with Gasteiger partial charge in [0.15, 0.2) is 0 Å². The zero-order chi connectivity index (χ0) is 56.0. The highest BCUT2D eigenvalue weighted by molar-refractivity contribution is 7.05. The summed E-state index contributed by atoms with van der Waals surface area (Å²) in [4.78, 5) is 0. The van der Waals surface area contributed by atoms with Crippen LogP contribution in [0.5, 0.6) is 0 Å². The van der Waals surface area contributed by atoms with Crippen molar-refractivity contribution in [2.45, 2.75) is 26.2 Å². The molecule has 0 amide bonds. The van der Waals surface area contributed by atoms with E-state index in [2.05, 4.69) is 305 Å². The summed E-state index contributed by atoms with van der Waals surface area (Å²) in [6.07, 6.45) is 0. The first kappa shape index (κ1) is 49.0. The first-order chi connectivity index (χ1) is 41.2. The van der Waals surface area contributed by atoms with Gasteiger partial charge in [0.1, 0.15) is 16.1 Å². The predicted molar refractivity (Wildman–Crippen MR) is 368 cm³/mol. The van der Waals surface area contributed by atoms with Crippen LogP contribution in [0, 0.1) is 0 Å². The molecule has 0 bridgehead atoms. The largest absolute Gasteiger partial charge is 0.113 e. The summed E-state index contributed by atoms with van der Waals surface area (Å²) in [7, 11) is -4.13. The van der Waals surface area contributed by atoms with Gasteiger partial charge < -0.3 is 0 Å². The van der Waals surface area contributed by atoms with Crippen LogP contribution in [0.15, 0.2) is 279 Å². The molecule has 0 radical (unpaired) electrons. The first-order valence-electron chi connectivity index (χ1n) is 29.7. The molecule has 0 aromatic heterocycles. The minimum absolute atomic E-state index is 1.24. The van der Waals surface area contributed by atoms with E-state index < -0.39 is 16.1 Å². The van der Waals surface area contributed by atoms with Crippen molar-refractivity contribution >= 4 is 102 Å². The summed E-state index contributed by atoms with van der Waals surface area (Å²) in [5.41, 5.74) is 21.0. The molecule has 17 rings (SSSR count). The maximum atomic E-state index is 2.56. The van der Waals surface area contributed by atoms with Crippen LogP contribution < -0.4 is 20.7 Å². The zero-order valence-electron chi connectivity index (χ0n) is 47.6. The van der Waals surface area contributed by atoms with Crippen LogP contribution >= 0.6 is 0 Å². The van der Waals surface area contributed by atoms with Crippen molar-refractivity contribution in [3.8, 4) is 89.0 Å². The van der Waals surface area contributed by atoms with Crippen molar-refractivity contribution in [2.24, 2.45) is 0 Å². The average molecular weight is 1100 g/mol. The highest BCUT2D eigenvalue weighted by atomic mass is 28.3. The fraction of sp³-hybridized carbons (Fsp3) is 0.0488. The molecule has 2 aliphatic heterocycles. The van der Waals surface area contributed by atoms with Crippen LogP contribution in [0.3, 0.4) is 0 Å². The third kappa shape index (κ3) is 7.18. The van der Waals surface area contributed by atoms with Crippen LogP contribution in [0.2, 0.25) is 26.2 Å². The second kappa shape index (κ2) is 18.4. The van der Waals surface area contributed by atoms with Crippen LogP contribution in [0.1, 0.15) is 0 Å². The smallest absolute Gasteiger partial charge is 0.0622 e. The monoisotopic (exact) mass is 1100 g/mol. The maximum absolute atomic E-state index is 2.56. The summed E-state index contributed by atoms with van der Waals surface area (Å²) in [6.45, 7) is 10.2.